The lowest BCUT2D eigenvalue weighted by Crippen LogP contribution is -2.12. The van der Waals surface area contributed by atoms with Gasteiger partial charge in [-0.05, 0) is 13.0 Å². The van der Waals surface area contributed by atoms with Gasteiger partial charge < -0.3 is 10.1 Å². The van der Waals surface area contributed by atoms with Gasteiger partial charge in [0.15, 0.2) is 0 Å². The van der Waals surface area contributed by atoms with Crippen molar-refractivity contribution in [1.82, 2.24) is 4.98 Å². The molecule has 0 unspecified atom stereocenters. The minimum atomic E-state index is -0.673. The second-order valence-electron chi connectivity index (χ2n) is 3.41. The zero-order valence-corrected chi connectivity index (χ0v) is 10.3. The van der Waals surface area contributed by atoms with E-state index in [4.69, 9.17) is 10.00 Å². The summed E-state index contributed by atoms with van der Waals surface area (Å²) in [4.78, 5) is 24.8. The minimum Gasteiger partial charge on any atom is -0.466 e. The third-order valence-corrected chi connectivity index (χ3v) is 2.12. The molecule has 1 rings (SSSR count). The second kappa shape index (κ2) is 6.90. The fourth-order valence-electron chi connectivity index (χ4n) is 1.31. The average molecular weight is 264 g/mol. The molecule has 0 aliphatic carbocycles. The molecule has 8 heteroatoms. The van der Waals surface area contributed by atoms with E-state index in [1.807, 2.05) is 0 Å². The predicted octanol–water partition coefficient (Wildman–Crippen LogP) is 1.23. The van der Waals surface area contributed by atoms with E-state index in [0.29, 0.717) is 12.4 Å². The van der Waals surface area contributed by atoms with E-state index in [-0.39, 0.29) is 30.3 Å². The van der Waals surface area contributed by atoms with Crippen molar-refractivity contribution in [3.05, 3.63) is 27.9 Å². The SMILES string of the molecule is CCOC(=O)CCNc1ccc([N+](=O)[O-])c(C#N)n1. The van der Waals surface area contributed by atoms with Gasteiger partial charge in [0, 0.05) is 12.6 Å². The molecule has 1 N–H and O–H groups in total. The summed E-state index contributed by atoms with van der Waals surface area (Å²) >= 11 is 0. The molecule has 0 aliphatic heterocycles. The van der Waals surface area contributed by atoms with Crippen LogP contribution in [-0.2, 0) is 9.53 Å². The zero-order valence-electron chi connectivity index (χ0n) is 10.3. The molecule has 1 heterocycles. The Labute approximate surface area is 109 Å². The van der Waals surface area contributed by atoms with Crippen molar-refractivity contribution < 1.29 is 14.5 Å². The number of carbonyl (C=O) groups is 1. The quantitative estimate of drug-likeness (QED) is 0.466. The number of pyridine rings is 1. The van der Waals surface area contributed by atoms with Crippen molar-refractivity contribution in [2.24, 2.45) is 0 Å². The summed E-state index contributed by atoms with van der Waals surface area (Å²) in [5.41, 5.74) is -0.621. The number of hydrogen-bond acceptors (Lipinski definition) is 7. The fraction of sp³-hybridized carbons (Fsp3) is 0.364. The van der Waals surface area contributed by atoms with Gasteiger partial charge in [-0.2, -0.15) is 5.26 Å². The molecule has 0 aromatic carbocycles. The van der Waals surface area contributed by atoms with E-state index in [1.54, 1.807) is 13.0 Å². The maximum atomic E-state index is 11.1. The first-order valence-corrected chi connectivity index (χ1v) is 5.53. The van der Waals surface area contributed by atoms with E-state index in [2.05, 4.69) is 10.3 Å². The van der Waals surface area contributed by atoms with Crippen LogP contribution in [0.15, 0.2) is 12.1 Å². The predicted molar refractivity (Wildman–Crippen MR) is 65.3 cm³/mol. The minimum absolute atomic E-state index is 0.147. The Kier molecular flexibility index (Phi) is 5.22. The summed E-state index contributed by atoms with van der Waals surface area (Å²) in [6, 6.07) is 4.22. The Bertz CT molecular complexity index is 524. The Morgan fingerprint density at radius 3 is 2.95 bits per heavy atom. The van der Waals surface area contributed by atoms with Gasteiger partial charge in [0.05, 0.1) is 18.0 Å². The molecule has 0 bridgehead atoms. The Morgan fingerprint density at radius 2 is 2.37 bits per heavy atom. The number of aromatic nitrogens is 1. The first-order chi connectivity index (χ1) is 9.08. The molecular formula is C11H12N4O4. The fourth-order valence-corrected chi connectivity index (χ4v) is 1.31. The Balaban J connectivity index is 2.64. The number of nitrogens with zero attached hydrogens (tertiary/aromatic N) is 3. The van der Waals surface area contributed by atoms with Crippen LogP contribution in [0.1, 0.15) is 19.0 Å². The zero-order chi connectivity index (χ0) is 14.3. The molecule has 0 saturated carbocycles. The number of rotatable bonds is 6. The van der Waals surface area contributed by atoms with Crippen LogP contribution in [0.3, 0.4) is 0 Å². The number of anilines is 1. The number of esters is 1. The summed E-state index contributed by atoms with van der Waals surface area (Å²) in [7, 11) is 0. The molecule has 0 fully saturated rings. The Morgan fingerprint density at radius 1 is 1.63 bits per heavy atom. The maximum absolute atomic E-state index is 11.1. The molecule has 100 valence electrons. The highest BCUT2D eigenvalue weighted by molar-refractivity contribution is 5.70. The molecular weight excluding hydrogens is 252 g/mol. The molecule has 1 aromatic heterocycles. The van der Waals surface area contributed by atoms with E-state index in [0.717, 1.165) is 0 Å². The number of nitriles is 1. The van der Waals surface area contributed by atoms with Crippen molar-refractivity contribution in [3.8, 4) is 6.07 Å². The van der Waals surface area contributed by atoms with Gasteiger partial charge >= 0.3 is 11.7 Å². The highest BCUT2D eigenvalue weighted by Crippen LogP contribution is 2.17. The lowest BCUT2D eigenvalue weighted by Gasteiger charge is -2.05. The number of nitro groups is 1. The van der Waals surface area contributed by atoms with Crippen LogP contribution in [0.5, 0.6) is 0 Å². The average Bonchev–Trinajstić information content (AvgIpc) is 2.38. The standard InChI is InChI=1S/C11H12N4O4/c1-2-19-11(16)5-6-13-10-4-3-9(15(17)18)8(7-12)14-10/h3-4H,2,5-6H2,1H3,(H,13,14). The van der Waals surface area contributed by atoms with Gasteiger partial charge in [-0.25, -0.2) is 4.98 Å². The molecule has 0 amide bonds. The monoisotopic (exact) mass is 264 g/mol. The molecule has 0 saturated heterocycles. The van der Waals surface area contributed by atoms with Crippen LogP contribution in [-0.4, -0.2) is 29.0 Å². The summed E-state index contributed by atoms with van der Waals surface area (Å²) in [5.74, 6) is -0.0520. The summed E-state index contributed by atoms with van der Waals surface area (Å²) < 4.78 is 4.73. The summed E-state index contributed by atoms with van der Waals surface area (Å²) in [6.45, 7) is 2.30. The van der Waals surface area contributed by atoms with Crippen LogP contribution < -0.4 is 5.32 Å². The molecule has 8 nitrogen and oxygen atoms in total. The third-order valence-electron chi connectivity index (χ3n) is 2.12. The van der Waals surface area contributed by atoms with Crippen molar-refractivity contribution in [3.63, 3.8) is 0 Å². The summed E-state index contributed by atoms with van der Waals surface area (Å²) in [5, 5.41) is 22.1. The first kappa shape index (κ1) is 14.4. The van der Waals surface area contributed by atoms with E-state index in [1.165, 1.54) is 12.1 Å². The van der Waals surface area contributed by atoms with Gasteiger partial charge in [-0.3, -0.25) is 14.9 Å². The first-order valence-electron chi connectivity index (χ1n) is 5.53. The van der Waals surface area contributed by atoms with Crippen molar-refractivity contribution >= 4 is 17.5 Å². The van der Waals surface area contributed by atoms with Gasteiger partial charge in [0.25, 0.3) is 0 Å². The highest BCUT2D eigenvalue weighted by atomic mass is 16.6. The van der Waals surface area contributed by atoms with Crippen LogP contribution in [0.2, 0.25) is 0 Å². The van der Waals surface area contributed by atoms with Crippen LogP contribution >= 0.6 is 0 Å². The molecule has 1 aromatic rings. The highest BCUT2D eigenvalue weighted by Gasteiger charge is 2.15. The number of hydrogen-bond donors (Lipinski definition) is 1. The number of ether oxygens (including phenoxy) is 1. The van der Waals surface area contributed by atoms with Crippen LogP contribution in [0, 0.1) is 21.4 Å². The van der Waals surface area contributed by atoms with E-state index in [9.17, 15) is 14.9 Å². The van der Waals surface area contributed by atoms with E-state index >= 15 is 0 Å². The van der Waals surface area contributed by atoms with Crippen LogP contribution in [0.4, 0.5) is 11.5 Å². The van der Waals surface area contributed by atoms with Crippen molar-refractivity contribution in [2.75, 3.05) is 18.5 Å². The summed E-state index contributed by atoms with van der Waals surface area (Å²) in [6.07, 6.45) is 0.147. The third kappa shape index (κ3) is 4.23. The molecule has 0 radical (unpaired) electrons. The smallest absolute Gasteiger partial charge is 0.307 e. The molecule has 0 atom stereocenters. The molecule has 19 heavy (non-hydrogen) atoms. The molecule has 0 aliphatic rings. The largest absolute Gasteiger partial charge is 0.466 e. The van der Waals surface area contributed by atoms with Gasteiger partial charge in [-0.15, -0.1) is 0 Å². The van der Waals surface area contributed by atoms with Crippen LogP contribution in [0.25, 0.3) is 0 Å². The van der Waals surface area contributed by atoms with E-state index < -0.39 is 4.92 Å². The lowest BCUT2D eigenvalue weighted by molar-refractivity contribution is -0.385. The van der Waals surface area contributed by atoms with Crippen molar-refractivity contribution in [1.29, 1.82) is 5.26 Å². The Hall–Kier alpha value is -2.69. The second-order valence-corrected chi connectivity index (χ2v) is 3.41. The van der Waals surface area contributed by atoms with Crippen molar-refractivity contribution in [2.45, 2.75) is 13.3 Å². The normalized spacial score (nSPS) is 9.47. The molecule has 0 spiro atoms. The lowest BCUT2D eigenvalue weighted by atomic mass is 10.3. The van der Waals surface area contributed by atoms with Gasteiger partial charge in [-0.1, -0.05) is 0 Å². The number of carbonyl (C=O) groups excluding carboxylic acids is 1. The number of nitrogens with one attached hydrogen (secondary N) is 1. The van der Waals surface area contributed by atoms with Gasteiger partial charge in [0.2, 0.25) is 5.69 Å². The topological polar surface area (TPSA) is 118 Å². The maximum Gasteiger partial charge on any atom is 0.307 e. The van der Waals surface area contributed by atoms with Gasteiger partial charge in [0.1, 0.15) is 11.9 Å².